The molecule has 1 heterocycles. The zero-order chi connectivity index (χ0) is 19.4. The summed E-state index contributed by atoms with van der Waals surface area (Å²) in [6.45, 7) is 0.549. The second kappa shape index (κ2) is 8.31. The summed E-state index contributed by atoms with van der Waals surface area (Å²) in [4.78, 5) is 20.7. The molecule has 3 rings (SSSR count). The number of carbonyl (C=O) groups is 1. The van der Waals surface area contributed by atoms with Crippen LogP contribution in [0, 0.1) is 5.82 Å². The molecule has 0 fully saturated rings. The van der Waals surface area contributed by atoms with Crippen LogP contribution in [-0.2, 0) is 17.8 Å². The Morgan fingerprint density at radius 3 is 2.52 bits per heavy atom. The van der Waals surface area contributed by atoms with Gasteiger partial charge in [-0.1, -0.05) is 24.3 Å². The molecule has 6 heteroatoms. The lowest BCUT2D eigenvalue weighted by atomic mass is 10.2. The van der Waals surface area contributed by atoms with Crippen LogP contribution < -0.4 is 4.90 Å². The minimum atomic E-state index is -0.291. The number of benzene rings is 2. The fourth-order valence-corrected chi connectivity index (χ4v) is 3.51. The normalized spacial score (nSPS) is 10.7. The monoisotopic (exact) mass is 383 g/mol. The average molecular weight is 383 g/mol. The van der Waals surface area contributed by atoms with Crippen molar-refractivity contribution in [3.8, 4) is 10.6 Å². The maximum atomic E-state index is 13.4. The maximum absolute atomic E-state index is 13.4. The zero-order valence-corrected chi connectivity index (χ0v) is 16.5. The Bertz CT molecular complexity index is 921. The smallest absolute Gasteiger partial charge is 0.228 e. The predicted molar refractivity (Wildman–Crippen MR) is 108 cm³/mol. The third kappa shape index (κ3) is 4.92. The second-order valence-electron chi connectivity index (χ2n) is 6.64. The van der Waals surface area contributed by atoms with E-state index in [2.05, 4.69) is 4.98 Å². The van der Waals surface area contributed by atoms with Gasteiger partial charge >= 0.3 is 0 Å². The molecule has 1 amide bonds. The van der Waals surface area contributed by atoms with Crippen molar-refractivity contribution in [1.82, 2.24) is 9.88 Å². The molecule has 27 heavy (non-hydrogen) atoms. The van der Waals surface area contributed by atoms with Crippen LogP contribution in [-0.4, -0.2) is 36.9 Å². The predicted octanol–water partition coefficient (Wildman–Crippen LogP) is 4.22. The molecule has 2 aromatic carbocycles. The highest BCUT2D eigenvalue weighted by atomic mass is 32.1. The van der Waals surface area contributed by atoms with Crippen molar-refractivity contribution in [2.45, 2.75) is 13.0 Å². The topological polar surface area (TPSA) is 36.4 Å². The van der Waals surface area contributed by atoms with Gasteiger partial charge < -0.3 is 9.80 Å². The van der Waals surface area contributed by atoms with E-state index in [1.54, 1.807) is 18.0 Å². The van der Waals surface area contributed by atoms with Crippen LogP contribution in [0.5, 0.6) is 0 Å². The summed E-state index contributed by atoms with van der Waals surface area (Å²) in [7, 11) is 5.79. The number of rotatable bonds is 6. The van der Waals surface area contributed by atoms with E-state index in [1.165, 1.54) is 23.5 Å². The van der Waals surface area contributed by atoms with Crippen molar-refractivity contribution in [2.24, 2.45) is 0 Å². The molecular weight excluding hydrogens is 361 g/mol. The number of aromatic nitrogens is 1. The molecule has 0 N–H and O–H groups in total. The van der Waals surface area contributed by atoms with E-state index < -0.39 is 0 Å². The molecule has 0 saturated carbocycles. The standard InChI is InChI=1S/C21H22FN3OS/c1-24(2)19-9-7-15(8-10-19)13-25(3)20(26)12-18-14-27-21(23-18)16-5-4-6-17(22)11-16/h4-11,14H,12-13H2,1-3H3. The molecule has 0 unspecified atom stereocenters. The first-order valence-electron chi connectivity index (χ1n) is 8.63. The number of thiazole rings is 1. The fraction of sp³-hybridized carbons (Fsp3) is 0.238. The van der Waals surface area contributed by atoms with Gasteiger partial charge in [0.25, 0.3) is 0 Å². The lowest BCUT2D eigenvalue weighted by Gasteiger charge is -2.18. The first-order valence-corrected chi connectivity index (χ1v) is 9.51. The zero-order valence-electron chi connectivity index (χ0n) is 15.6. The molecule has 0 atom stereocenters. The lowest BCUT2D eigenvalue weighted by Crippen LogP contribution is -2.27. The third-order valence-electron chi connectivity index (χ3n) is 4.25. The molecule has 0 saturated heterocycles. The van der Waals surface area contributed by atoms with Crippen molar-refractivity contribution >= 4 is 22.9 Å². The number of halogens is 1. The third-order valence-corrected chi connectivity index (χ3v) is 5.19. The summed E-state index contributed by atoms with van der Waals surface area (Å²) in [5, 5.41) is 2.58. The van der Waals surface area contributed by atoms with Gasteiger partial charge in [-0.05, 0) is 29.8 Å². The summed E-state index contributed by atoms with van der Waals surface area (Å²) >= 11 is 1.42. The van der Waals surface area contributed by atoms with Crippen LogP contribution in [0.1, 0.15) is 11.3 Å². The van der Waals surface area contributed by atoms with E-state index in [4.69, 9.17) is 0 Å². The summed E-state index contributed by atoms with van der Waals surface area (Å²) in [6, 6.07) is 14.5. The van der Waals surface area contributed by atoms with Crippen LogP contribution in [0.4, 0.5) is 10.1 Å². The van der Waals surface area contributed by atoms with Gasteiger partial charge in [-0.15, -0.1) is 11.3 Å². The summed E-state index contributed by atoms with van der Waals surface area (Å²) in [5.41, 5.74) is 3.64. The van der Waals surface area contributed by atoms with Crippen LogP contribution in [0.2, 0.25) is 0 Å². The molecule has 0 bridgehead atoms. The van der Waals surface area contributed by atoms with Gasteiger partial charge in [0, 0.05) is 44.3 Å². The maximum Gasteiger partial charge on any atom is 0.228 e. The largest absolute Gasteiger partial charge is 0.378 e. The Hall–Kier alpha value is -2.73. The molecule has 0 spiro atoms. The lowest BCUT2D eigenvalue weighted by molar-refractivity contribution is -0.129. The highest BCUT2D eigenvalue weighted by Gasteiger charge is 2.13. The molecule has 0 aliphatic carbocycles. The SMILES string of the molecule is CN(Cc1ccc(N(C)C)cc1)C(=O)Cc1csc(-c2cccc(F)c2)n1. The summed E-state index contributed by atoms with van der Waals surface area (Å²) in [6.07, 6.45) is 0.234. The summed E-state index contributed by atoms with van der Waals surface area (Å²) in [5.74, 6) is -0.289. The van der Waals surface area contributed by atoms with Gasteiger partial charge in [-0.25, -0.2) is 9.37 Å². The Morgan fingerprint density at radius 1 is 1.11 bits per heavy atom. The highest BCUT2D eigenvalue weighted by Crippen LogP contribution is 2.24. The van der Waals surface area contributed by atoms with Gasteiger partial charge in [0.05, 0.1) is 12.1 Å². The van der Waals surface area contributed by atoms with E-state index in [9.17, 15) is 9.18 Å². The van der Waals surface area contributed by atoms with Crippen molar-refractivity contribution in [2.75, 3.05) is 26.0 Å². The molecule has 4 nitrogen and oxygen atoms in total. The first-order chi connectivity index (χ1) is 12.9. The Morgan fingerprint density at radius 2 is 1.85 bits per heavy atom. The van der Waals surface area contributed by atoms with Gasteiger partial charge in [-0.3, -0.25) is 4.79 Å². The quantitative estimate of drug-likeness (QED) is 0.640. The van der Waals surface area contributed by atoms with Gasteiger partial charge in [0.2, 0.25) is 5.91 Å². The van der Waals surface area contributed by atoms with E-state index >= 15 is 0 Å². The van der Waals surface area contributed by atoms with Crippen molar-refractivity contribution in [3.63, 3.8) is 0 Å². The second-order valence-corrected chi connectivity index (χ2v) is 7.50. The Balaban J connectivity index is 1.61. The number of carbonyl (C=O) groups excluding carboxylic acids is 1. The van der Waals surface area contributed by atoms with Gasteiger partial charge in [-0.2, -0.15) is 0 Å². The minimum Gasteiger partial charge on any atom is -0.378 e. The number of anilines is 1. The molecule has 140 valence electrons. The Kier molecular flexibility index (Phi) is 5.86. The number of amides is 1. The van der Waals surface area contributed by atoms with E-state index in [0.29, 0.717) is 12.2 Å². The van der Waals surface area contributed by atoms with Gasteiger partial charge in [0.1, 0.15) is 10.8 Å². The van der Waals surface area contributed by atoms with E-state index in [0.717, 1.165) is 21.8 Å². The van der Waals surface area contributed by atoms with Crippen LogP contribution in [0.25, 0.3) is 10.6 Å². The molecule has 1 aromatic heterocycles. The van der Waals surface area contributed by atoms with Crippen molar-refractivity contribution < 1.29 is 9.18 Å². The van der Waals surface area contributed by atoms with Crippen LogP contribution >= 0.6 is 11.3 Å². The molecule has 0 aliphatic heterocycles. The molecule has 3 aromatic rings. The van der Waals surface area contributed by atoms with Crippen LogP contribution in [0.15, 0.2) is 53.9 Å². The van der Waals surface area contributed by atoms with E-state index in [-0.39, 0.29) is 18.1 Å². The molecule has 0 radical (unpaired) electrons. The minimum absolute atomic E-state index is 0.00257. The van der Waals surface area contributed by atoms with Crippen molar-refractivity contribution in [3.05, 3.63) is 71.0 Å². The molecule has 0 aliphatic rings. The number of hydrogen-bond donors (Lipinski definition) is 0. The summed E-state index contributed by atoms with van der Waals surface area (Å²) < 4.78 is 13.4. The first kappa shape index (κ1) is 19.0. The van der Waals surface area contributed by atoms with Gasteiger partial charge in [0.15, 0.2) is 0 Å². The van der Waals surface area contributed by atoms with E-state index in [1.807, 2.05) is 54.7 Å². The highest BCUT2D eigenvalue weighted by molar-refractivity contribution is 7.13. The number of hydrogen-bond acceptors (Lipinski definition) is 4. The molecular formula is C21H22FN3OS. The fourth-order valence-electron chi connectivity index (χ4n) is 2.69. The Labute approximate surface area is 162 Å². The van der Waals surface area contributed by atoms with Crippen LogP contribution in [0.3, 0.4) is 0 Å². The number of nitrogens with zero attached hydrogens (tertiary/aromatic N) is 3. The number of likely N-dealkylation sites (N-methyl/N-ethyl adjacent to an activating group) is 1. The van der Waals surface area contributed by atoms with Crippen molar-refractivity contribution in [1.29, 1.82) is 0 Å². The average Bonchev–Trinajstić information content (AvgIpc) is 3.10.